The summed E-state index contributed by atoms with van der Waals surface area (Å²) in [5.74, 6) is 0. The van der Waals surface area contributed by atoms with Crippen LogP contribution in [-0.4, -0.2) is 36.8 Å². The highest BCUT2D eigenvalue weighted by atomic mass is 32.2. The Hall–Kier alpha value is -0.920. The Bertz CT molecular complexity index is 511. The zero-order chi connectivity index (χ0) is 15.9. The topological polar surface area (TPSA) is 76.0 Å². The van der Waals surface area contributed by atoms with Crippen molar-refractivity contribution >= 4 is 10.0 Å². The van der Waals surface area contributed by atoms with E-state index in [4.69, 9.17) is 0 Å². The quantitative estimate of drug-likeness (QED) is 0.689. The van der Waals surface area contributed by atoms with Crippen molar-refractivity contribution in [3.8, 4) is 0 Å². The van der Waals surface area contributed by atoms with Crippen LogP contribution >= 0.6 is 0 Å². The number of hydrogen-bond donors (Lipinski definition) is 2. The highest BCUT2D eigenvalue weighted by molar-refractivity contribution is 7.89. The second-order valence-corrected chi connectivity index (χ2v) is 7.43. The molecule has 1 heterocycles. The molecule has 0 saturated heterocycles. The van der Waals surface area contributed by atoms with Gasteiger partial charge in [0.05, 0.1) is 12.7 Å². The van der Waals surface area contributed by atoms with Gasteiger partial charge in [0.2, 0.25) is 10.0 Å². The number of hydrogen-bond acceptors (Lipinski definition) is 4. The molecule has 0 radical (unpaired) electrons. The lowest BCUT2D eigenvalue weighted by molar-refractivity contribution is 0.514. The molecule has 0 bridgehead atoms. The third kappa shape index (κ3) is 6.58. The molecule has 0 aliphatic heterocycles. The van der Waals surface area contributed by atoms with Gasteiger partial charge in [-0.3, -0.25) is 4.68 Å². The number of rotatable bonds is 10. The summed E-state index contributed by atoms with van der Waals surface area (Å²) in [6.45, 7) is 9.54. The summed E-state index contributed by atoms with van der Waals surface area (Å²) in [4.78, 5) is 0.232. The van der Waals surface area contributed by atoms with Crippen LogP contribution in [0.3, 0.4) is 0 Å². The Labute approximate surface area is 128 Å². The molecule has 0 fully saturated rings. The van der Waals surface area contributed by atoms with Crippen molar-refractivity contribution < 1.29 is 8.42 Å². The summed E-state index contributed by atoms with van der Waals surface area (Å²) >= 11 is 0. The van der Waals surface area contributed by atoms with E-state index >= 15 is 0 Å². The van der Waals surface area contributed by atoms with Crippen LogP contribution in [0.1, 0.15) is 47.0 Å². The second kappa shape index (κ2) is 8.51. The zero-order valence-electron chi connectivity index (χ0n) is 13.5. The Morgan fingerprint density at radius 1 is 1.33 bits per heavy atom. The lowest BCUT2D eigenvalue weighted by atomic mass is 10.2. The van der Waals surface area contributed by atoms with Gasteiger partial charge < -0.3 is 5.32 Å². The molecule has 0 aromatic carbocycles. The fourth-order valence-corrected chi connectivity index (χ4v) is 3.21. The average Bonchev–Trinajstić information content (AvgIpc) is 2.85. The van der Waals surface area contributed by atoms with Crippen molar-refractivity contribution in [3.05, 3.63) is 12.4 Å². The fourth-order valence-electron chi connectivity index (χ4n) is 1.98. The molecule has 1 aromatic rings. The van der Waals surface area contributed by atoms with E-state index in [-0.39, 0.29) is 10.9 Å². The summed E-state index contributed by atoms with van der Waals surface area (Å²) in [7, 11) is -3.46. The highest BCUT2D eigenvalue weighted by Gasteiger charge is 2.19. The van der Waals surface area contributed by atoms with E-state index in [2.05, 4.69) is 35.9 Å². The predicted molar refractivity (Wildman–Crippen MR) is 84.7 cm³/mol. The van der Waals surface area contributed by atoms with Gasteiger partial charge in [-0.25, -0.2) is 13.1 Å². The number of nitrogens with zero attached hydrogens (tertiary/aromatic N) is 2. The van der Waals surface area contributed by atoms with Crippen LogP contribution in [0.25, 0.3) is 0 Å². The molecule has 0 aliphatic carbocycles. The molecule has 1 atom stereocenters. The van der Waals surface area contributed by atoms with Gasteiger partial charge in [-0.15, -0.1) is 0 Å². The predicted octanol–water partition coefficient (Wildman–Crippen LogP) is 1.74. The van der Waals surface area contributed by atoms with Gasteiger partial charge in [0, 0.05) is 24.8 Å². The van der Waals surface area contributed by atoms with E-state index in [0.717, 1.165) is 25.8 Å². The summed E-state index contributed by atoms with van der Waals surface area (Å²) in [5.41, 5.74) is 0. The summed E-state index contributed by atoms with van der Waals surface area (Å²) in [5, 5.41) is 7.38. The highest BCUT2D eigenvalue weighted by Crippen LogP contribution is 2.09. The molecule has 21 heavy (non-hydrogen) atoms. The smallest absolute Gasteiger partial charge is 0.243 e. The molecule has 0 saturated carbocycles. The standard InChI is InChI=1S/C14H28N4O2S/c1-5-6-7-13(4)17-21(19,20)14-10-16-18(11-14)9-8-15-12(2)3/h10-13,15,17H,5-9H2,1-4H3. The summed E-state index contributed by atoms with van der Waals surface area (Å²) in [6.07, 6.45) is 5.92. The molecule has 7 heteroatoms. The molecule has 0 aliphatic rings. The number of nitrogens with one attached hydrogen (secondary N) is 2. The minimum absolute atomic E-state index is 0.0547. The Morgan fingerprint density at radius 3 is 2.67 bits per heavy atom. The first-order valence-electron chi connectivity index (χ1n) is 7.63. The van der Waals surface area contributed by atoms with Crippen molar-refractivity contribution in [2.75, 3.05) is 6.54 Å². The van der Waals surface area contributed by atoms with Crippen LogP contribution < -0.4 is 10.0 Å². The van der Waals surface area contributed by atoms with Crippen LogP contribution in [0.2, 0.25) is 0 Å². The molecule has 122 valence electrons. The monoisotopic (exact) mass is 316 g/mol. The maximum absolute atomic E-state index is 12.2. The Morgan fingerprint density at radius 2 is 2.05 bits per heavy atom. The van der Waals surface area contributed by atoms with Crippen molar-refractivity contribution in [2.24, 2.45) is 0 Å². The summed E-state index contributed by atoms with van der Waals surface area (Å²) in [6, 6.07) is 0.353. The molecule has 0 amide bonds. The minimum atomic E-state index is -3.46. The first-order chi connectivity index (χ1) is 9.85. The van der Waals surface area contributed by atoms with E-state index in [1.54, 1.807) is 10.9 Å². The molecule has 6 nitrogen and oxygen atoms in total. The van der Waals surface area contributed by atoms with E-state index < -0.39 is 10.0 Å². The molecule has 1 unspecified atom stereocenters. The largest absolute Gasteiger partial charge is 0.313 e. The first kappa shape index (κ1) is 18.1. The lowest BCUT2D eigenvalue weighted by Crippen LogP contribution is -2.32. The summed E-state index contributed by atoms with van der Waals surface area (Å²) < 4.78 is 28.8. The van der Waals surface area contributed by atoms with E-state index in [9.17, 15) is 8.42 Å². The van der Waals surface area contributed by atoms with Crippen molar-refractivity contribution in [2.45, 2.75) is 70.5 Å². The van der Waals surface area contributed by atoms with Crippen LogP contribution in [0, 0.1) is 0 Å². The van der Waals surface area contributed by atoms with E-state index in [1.807, 2.05) is 6.92 Å². The van der Waals surface area contributed by atoms with Crippen LogP contribution in [0.15, 0.2) is 17.3 Å². The minimum Gasteiger partial charge on any atom is -0.313 e. The molecule has 0 spiro atoms. The first-order valence-corrected chi connectivity index (χ1v) is 9.11. The molecule has 1 rings (SSSR count). The van der Waals surface area contributed by atoms with Crippen LogP contribution in [0.5, 0.6) is 0 Å². The second-order valence-electron chi connectivity index (χ2n) is 5.71. The van der Waals surface area contributed by atoms with Gasteiger partial charge in [-0.05, 0) is 13.3 Å². The maximum Gasteiger partial charge on any atom is 0.243 e. The number of sulfonamides is 1. The van der Waals surface area contributed by atoms with Crippen molar-refractivity contribution in [3.63, 3.8) is 0 Å². The third-order valence-electron chi connectivity index (χ3n) is 3.16. The third-order valence-corrected chi connectivity index (χ3v) is 4.70. The molecule has 1 aromatic heterocycles. The normalized spacial score (nSPS) is 13.8. The zero-order valence-corrected chi connectivity index (χ0v) is 14.3. The number of aromatic nitrogens is 2. The van der Waals surface area contributed by atoms with Crippen LogP contribution in [-0.2, 0) is 16.6 Å². The van der Waals surface area contributed by atoms with E-state index in [1.165, 1.54) is 6.20 Å². The van der Waals surface area contributed by atoms with Gasteiger partial charge in [0.1, 0.15) is 4.90 Å². The van der Waals surface area contributed by atoms with Gasteiger partial charge in [-0.2, -0.15) is 5.10 Å². The van der Waals surface area contributed by atoms with Gasteiger partial charge in [-0.1, -0.05) is 33.6 Å². The van der Waals surface area contributed by atoms with Crippen molar-refractivity contribution in [1.82, 2.24) is 19.8 Å². The van der Waals surface area contributed by atoms with Gasteiger partial charge >= 0.3 is 0 Å². The van der Waals surface area contributed by atoms with Crippen molar-refractivity contribution in [1.29, 1.82) is 0 Å². The van der Waals surface area contributed by atoms with Gasteiger partial charge in [0.15, 0.2) is 0 Å². The molecular weight excluding hydrogens is 288 g/mol. The Balaban J connectivity index is 2.57. The fraction of sp³-hybridized carbons (Fsp3) is 0.786. The average molecular weight is 316 g/mol. The molecule has 2 N–H and O–H groups in total. The number of unbranched alkanes of at least 4 members (excludes halogenated alkanes) is 1. The van der Waals surface area contributed by atoms with Gasteiger partial charge in [0.25, 0.3) is 0 Å². The maximum atomic E-state index is 12.2. The lowest BCUT2D eigenvalue weighted by Gasteiger charge is -2.12. The Kier molecular flexibility index (Phi) is 7.34. The van der Waals surface area contributed by atoms with Crippen LogP contribution in [0.4, 0.5) is 0 Å². The molecular formula is C14H28N4O2S. The SMILES string of the molecule is CCCCC(C)NS(=O)(=O)c1cnn(CCNC(C)C)c1. The van der Waals surface area contributed by atoms with E-state index in [0.29, 0.717) is 12.6 Å².